The van der Waals surface area contributed by atoms with E-state index in [4.69, 9.17) is 9.15 Å². The van der Waals surface area contributed by atoms with E-state index in [1.54, 1.807) is 12.2 Å². The van der Waals surface area contributed by atoms with Crippen LogP contribution in [0.3, 0.4) is 0 Å². The molecule has 0 aliphatic carbocycles. The highest BCUT2D eigenvalue weighted by Crippen LogP contribution is 2.37. The first kappa shape index (κ1) is 18.2. The first-order valence-electron chi connectivity index (χ1n) is 8.74. The van der Waals surface area contributed by atoms with Gasteiger partial charge in [-0.3, -0.25) is 10.1 Å². The average Bonchev–Trinajstić information content (AvgIpc) is 3.15. The summed E-state index contributed by atoms with van der Waals surface area (Å²) in [5, 5.41) is 21.0. The predicted octanol–water partition coefficient (Wildman–Crippen LogP) is 5.29. The van der Waals surface area contributed by atoms with Crippen LogP contribution in [-0.2, 0) is 0 Å². The van der Waals surface area contributed by atoms with Gasteiger partial charge in [0.15, 0.2) is 11.3 Å². The third-order valence-corrected chi connectivity index (χ3v) is 4.42. The Morgan fingerprint density at radius 2 is 1.86 bits per heavy atom. The van der Waals surface area contributed by atoms with Crippen molar-refractivity contribution < 1.29 is 19.2 Å². The molecule has 0 fully saturated rings. The van der Waals surface area contributed by atoms with Gasteiger partial charge in [-0.2, -0.15) is 0 Å². The molecular formula is C22H16N2O5. The van der Waals surface area contributed by atoms with Crippen LogP contribution in [0.5, 0.6) is 11.5 Å². The van der Waals surface area contributed by atoms with Gasteiger partial charge < -0.3 is 14.3 Å². The standard InChI is InChI=1S/C22H16N2O5/c1-28-20-12-14(11-18(22(20)25)24(26)27)7-10-21-23-17-13-16(8-9-19(17)29-21)15-5-3-2-4-6-15/h2-13,25H,1H3/b10-7+. The number of aromatic hydroxyl groups is 1. The molecule has 4 rings (SSSR count). The van der Waals surface area contributed by atoms with Gasteiger partial charge in [0.05, 0.1) is 12.0 Å². The van der Waals surface area contributed by atoms with Crippen molar-refractivity contribution in [3.8, 4) is 22.6 Å². The van der Waals surface area contributed by atoms with Gasteiger partial charge in [-0.05, 0) is 41.0 Å². The molecule has 0 aliphatic heterocycles. The summed E-state index contributed by atoms with van der Waals surface area (Å²) in [7, 11) is 1.33. The highest BCUT2D eigenvalue weighted by Gasteiger charge is 2.19. The molecule has 0 spiro atoms. The lowest BCUT2D eigenvalue weighted by Crippen LogP contribution is -1.93. The van der Waals surface area contributed by atoms with Crippen LogP contribution in [0.15, 0.2) is 65.1 Å². The molecular weight excluding hydrogens is 372 g/mol. The van der Waals surface area contributed by atoms with Gasteiger partial charge >= 0.3 is 5.69 Å². The molecule has 29 heavy (non-hydrogen) atoms. The minimum atomic E-state index is -0.667. The molecule has 0 radical (unpaired) electrons. The van der Waals surface area contributed by atoms with Gasteiger partial charge in [0.2, 0.25) is 11.6 Å². The van der Waals surface area contributed by atoms with Gasteiger partial charge in [0.1, 0.15) is 5.52 Å². The van der Waals surface area contributed by atoms with Crippen molar-refractivity contribution in [2.75, 3.05) is 7.11 Å². The van der Waals surface area contributed by atoms with Crippen molar-refractivity contribution in [3.05, 3.63) is 82.2 Å². The lowest BCUT2D eigenvalue weighted by atomic mass is 10.1. The maximum absolute atomic E-state index is 11.1. The van der Waals surface area contributed by atoms with Crippen LogP contribution in [-0.4, -0.2) is 22.1 Å². The molecule has 3 aromatic carbocycles. The van der Waals surface area contributed by atoms with Crippen molar-refractivity contribution in [1.82, 2.24) is 4.98 Å². The molecule has 1 heterocycles. The van der Waals surface area contributed by atoms with Crippen molar-refractivity contribution in [1.29, 1.82) is 0 Å². The van der Waals surface area contributed by atoms with E-state index in [1.165, 1.54) is 19.2 Å². The fourth-order valence-corrected chi connectivity index (χ4v) is 3.00. The first-order valence-corrected chi connectivity index (χ1v) is 8.74. The largest absolute Gasteiger partial charge is 0.500 e. The summed E-state index contributed by atoms with van der Waals surface area (Å²) in [5.41, 5.74) is 3.49. The van der Waals surface area contributed by atoms with E-state index >= 15 is 0 Å². The Kier molecular flexibility index (Phi) is 4.70. The zero-order valence-electron chi connectivity index (χ0n) is 15.4. The van der Waals surface area contributed by atoms with Crippen molar-refractivity contribution >= 4 is 28.9 Å². The molecule has 0 saturated heterocycles. The quantitative estimate of drug-likeness (QED) is 0.368. The normalized spacial score (nSPS) is 11.2. The summed E-state index contributed by atoms with van der Waals surface area (Å²) in [6.45, 7) is 0. The number of hydrogen-bond donors (Lipinski definition) is 1. The van der Waals surface area contributed by atoms with Crippen LogP contribution < -0.4 is 4.74 Å². The van der Waals surface area contributed by atoms with Crippen LogP contribution >= 0.6 is 0 Å². The summed E-state index contributed by atoms with van der Waals surface area (Å²) in [6.07, 6.45) is 3.22. The Labute approximate surface area is 165 Å². The van der Waals surface area contributed by atoms with Crippen molar-refractivity contribution in [2.24, 2.45) is 0 Å². The van der Waals surface area contributed by atoms with Gasteiger partial charge in [0.25, 0.3) is 0 Å². The van der Waals surface area contributed by atoms with E-state index in [-0.39, 0.29) is 5.75 Å². The predicted molar refractivity (Wildman–Crippen MR) is 110 cm³/mol. The van der Waals surface area contributed by atoms with Gasteiger partial charge in [-0.25, -0.2) is 4.98 Å². The molecule has 1 N–H and O–H groups in total. The highest BCUT2D eigenvalue weighted by molar-refractivity contribution is 5.82. The fraction of sp³-hybridized carbons (Fsp3) is 0.0455. The van der Waals surface area contributed by atoms with E-state index < -0.39 is 16.4 Å². The van der Waals surface area contributed by atoms with E-state index in [9.17, 15) is 15.2 Å². The second kappa shape index (κ2) is 7.47. The summed E-state index contributed by atoms with van der Waals surface area (Å²) < 4.78 is 10.7. The number of hydrogen-bond acceptors (Lipinski definition) is 6. The minimum Gasteiger partial charge on any atom is -0.500 e. The van der Waals surface area contributed by atoms with Crippen LogP contribution in [0.2, 0.25) is 0 Å². The second-order valence-corrected chi connectivity index (χ2v) is 6.28. The number of oxazole rings is 1. The first-order chi connectivity index (χ1) is 14.0. The Balaban J connectivity index is 1.67. The van der Waals surface area contributed by atoms with Crippen LogP contribution in [0, 0.1) is 10.1 Å². The lowest BCUT2D eigenvalue weighted by molar-refractivity contribution is -0.386. The minimum absolute atomic E-state index is 0.0175. The number of fused-ring (bicyclic) bond motifs is 1. The van der Waals surface area contributed by atoms with E-state index in [0.29, 0.717) is 22.6 Å². The molecule has 0 bridgehead atoms. The Hall–Kier alpha value is -4.13. The number of phenolic OH excluding ortho intramolecular Hbond substituents is 1. The number of nitro groups is 1. The molecule has 4 aromatic rings. The topological polar surface area (TPSA) is 98.6 Å². The third-order valence-electron chi connectivity index (χ3n) is 4.42. The zero-order chi connectivity index (χ0) is 20.4. The maximum atomic E-state index is 11.1. The molecule has 7 nitrogen and oxygen atoms in total. The fourth-order valence-electron chi connectivity index (χ4n) is 3.00. The van der Waals surface area contributed by atoms with Crippen LogP contribution in [0.25, 0.3) is 34.4 Å². The molecule has 7 heteroatoms. The average molecular weight is 388 g/mol. The smallest absolute Gasteiger partial charge is 0.315 e. The van der Waals surface area contributed by atoms with Gasteiger partial charge in [0, 0.05) is 12.1 Å². The Morgan fingerprint density at radius 3 is 2.59 bits per heavy atom. The number of nitrogens with zero attached hydrogens (tertiary/aromatic N) is 2. The van der Waals surface area contributed by atoms with Gasteiger partial charge in [-0.15, -0.1) is 0 Å². The van der Waals surface area contributed by atoms with Crippen LogP contribution in [0.1, 0.15) is 11.5 Å². The van der Waals surface area contributed by atoms with E-state index in [0.717, 1.165) is 11.1 Å². The molecule has 0 aliphatic rings. The SMILES string of the molecule is COc1cc(/C=C/c2nc3cc(-c4ccccc4)ccc3o2)cc([N+](=O)[O-])c1O. The number of ether oxygens (including phenoxy) is 1. The lowest BCUT2D eigenvalue weighted by Gasteiger charge is -2.05. The molecule has 1 aromatic heterocycles. The highest BCUT2D eigenvalue weighted by atomic mass is 16.6. The summed E-state index contributed by atoms with van der Waals surface area (Å²) in [5.74, 6) is -0.131. The molecule has 0 atom stereocenters. The van der Waals surface area contributed by atoms with E-state index in [1.807, 2.05) is 48.5 Å². The van der Waals surface area contributed by atoms with Crippen molar-refractivity contribution in [2.45, 2.75) is 0 Å². The molecule has 0 amide bonds. The zero-order valence-corrected chi connectivity index (χ0v) is 15.4. The van der Waals surface area contributed by atoms with E-state index in [2.05, 4.69) is 4.98 Å². The third kappa shape index (κ3) is 3.66. The number of benzene rings is 3. The Morgan fingerprint density at radius 1 is 1.07 bits per heavy atom. The molecule has 0 unspecified atom stereocenters. The Bertz CT molecular complexity index is 1230. The molecule has 144 valence electrons. The number of phenols is 1. The number of rotatable bonds is 5. The van der Waals surface area contributed by atoms with Crippen molar-refractivity contribution in [3.63, 3.8) is 0 Å². The summed E-state index contributed by atoms with van der Waals surface area (Å²) in [6, 6.07) is 18.5. The maximum Gasteiger partial charge on any atom is 0.315 e. The number of aromatic nitrogens is 1. The summed E-state index contributed by atoms with van der Waals surface area (Å²) >= 11 is 0. The van der Waals surface area contributed by atoms with Crippen LogP contribution in [0.4, 0.5) is 5.69 Å². The molecule has 0 saturated carbocycles. The van der Waals surface area contributed by atoms with Gasteiger partial charge in [-0.1, -0.05) is 36.4 Å². The number of methoxy groups -OCH3 is 1. The number of nitro benzene ring substituents is 1. The second-order valence-electron chi connectivity index (χ2n) is 6.28. The summed E-state index contributed by atoms with van der Waals surface area (Å²) in [4.78, 5) is 14.9. The monoisotopic (exact) mass is 388 g/mol.